The summed E-state index contributed by atoms with van der Waals surface area (Å²) in [6.45, 7) is 4.63. The van der Waals surface area contributed by atoms with E-state index >= 15 is 0 Å². The average molecular weight is 232 g/mol. The van der Waals surface area contributed by atoms with Gasteiger partial charge in [0.1, 0.15) is 23.8 Å². The largest absolute Gasteiger partial charge is 0.370 e. The van der Waals surface area contributed by atoms with E-state index in [-0.39, 0.29) is 0 Å². The lowest BCUT2D eigenvalue weighted by Gasteiger charge is -2.06. The van der Waals surface area contributed by atoms with Crippen LogP contribution < -0.4 is 5.32 Å². The molecule has 2 heterocycles. The molecule has 0 aromatic carbocycles. The molecule has 0 spiro atoms. The molecule has 1 N–H and O–H groups in total. The molecule has 0 amide bonds. The molecule has 2 aromatic heterocycles. The summed E-state index contributed by atoms with van der Waals surface area (Å²) in [6, 6.07) is 1.93. The summed E-state index contributed by atoms with van der Waals surface area (Å²) in [7, 11) is 1.94. The SMILES string of the molecule is Cc1cc(NCCc2nncn2C)nc(C)n1. The van der Waals surface area contributed by atoms with Gasteiger partial charge in [0.25, 0.3) is 0 Å². The van der Waals surface area contributed by atoms with Crippen molar-refractivity contribution in [1.29, 1.82) is 0 Å². The molecule has 0 fully saturated rings. The lowest BCUT2D eigenvalue weighted by atomic mass is 10.3. The van der Waals surface area contributed by atoms with E-state index in [1.807, 2.05) is 31.5 Å². The van der Waals surface area contributed by atoms with E-state index in [0.717, 1.165) is 36.1 Å². The molecule has 6 heteroatoms. The van der Waals surface area contributed by atoms with Gasteiger partial charge in [-0.3, -0.25) is 0 Å². The summed E-state index contributed by atoms with van der Waals surface area (Å²) in [5.74, 6) is 2.60. The van der Waals surface area contributed by atoms with Crippen molar-refractivity contribution in [3.63, 3.8) is 0 Å². The van der Waals surface area contributed by atoms with Crippen molar-refractivity contribution in [3.05, 3.63) is 29.7 Å². The Morgan fingerprint density at radius 2 is 2.12 bits per heavy atom. The summed E-state index contributed by atoms with van der Waals surface area (Å²) >= 11 is 0. The molecule has 6 nitrogen and oxygen atoms in total. The van der Waals surface area contributed by atoms with Crippen LogP contribution in [0.1, 0.15) is 17.3 Å². The summed E-state index contributed by atoms with van der Waals surface area (Å²) < 4.78 is 1.91. The highest BCUT2D eigenvalue weighted by atomic mass is 15.2. The second-order valence-corrected chi connectivity index (χ2v) is 3.98. The molecule has 0 aliphatic carbocycles. The van der Waals surface area contributed by atoms with Crippen LogP contribution >= 0.6 is 0 Å². The Balaban J connectivity index is 1.92. The highest BCUT2D eigenvalue weighted by molar-refractivity contribution is 5.35. The van der Waals surface area contributed by atoms with E-state index in [1.54, 1.807) is 6.33 Å². The van der Waals surface area contributed by atoms with Crippen molar-refractivity contribution in [2.24, 2.45) is 7.05 Å². The van der Waals surface area contributed by atoms with E-state index in [4.69, 9.17) is 0 Å². The molecular weight excluding hydrogens is 216 g/mol. The molecule has 0 atom stereocenters. The Morgan fingerprint density at radius 1 is 1.29 bits per heavy atom. The second kappa shape index (κ2) is 4.90. The third-order valence-electron chi connectivity index (χ3n) is 2.43. The number of nitrogens with zero attached hydrogens (tertiary/aromatic N) is 5. The minimum Gasteiger partial charge on any atom is -0.370 e. The van der Waals surface area contributed by atoms with Gasteiger partial charge >= 0.3 is 0 Å². The maximum absolute atomic E-state index is 4.31. The van der Waals surface area contributed by atoms with Crippen LogP contribution in [-0.2, 0) is 13.5 Å². The maximum Gasteiger partial charge on any atom is 0.134 e. The smallest absolute Gasteiger partial charge is 0.134 e. The third-order valence-corrected chi connectivity index (χ3v) is 2.43. The normalized spacial score (nSPS) is 10.5. The van der Waals surface area contributed by atoms with Gasteiger partial charge in [-0.05, 0) is 13.8 Å². The zero-order chi connectivity index (χ0) is 12.3. The second-order valence-electron chi connectivity index (χ2n) is 3.98. The average Bonchev–Trinajstić information content (AvgIpc) is 2.63. The van der Waals surface area contributed by atoms with E-state index in [9.17, 15) is 0 Å². The molecule has 0 aliphatic heterocycles. The number of aromatic nitrogens is 5. The van der Waals surface area contributed by atoms with Gasteiger partial charge in [0.2, 0.25) is 0 Å². The Labute approximate surface area is 100 Å². The molecule has 0 bridgehead atoms. The number of aryl methyl sites for hydroxylation is 3. The highest BCUT2D eigenvalue weighted by Gasteiger charge is 2.01. The molecule has 0 unspecified atom stereocenters. The van der Waals surface area contributed by atoms with Gasteiger partial charge in [0.15, 0.2) is 0 Å². The Hall–Kier alpha value is -1.98. The van der Waals surface area contributed by atoms with Gasteiger partial charge < -0.3 is 9.88 Å². The molecule has 0 saturated heterocycles. The van der Waals surface area contributed by atoms with E-state index in [0.29, 0.717) is 0 Å². The van der Waals surface area contributed by atoms with E-state index < -0.39 is 0 Å². The first-order valence-corrected chi connectivity index (χ1v) is 5.54. The Bertz CT molecular complexity index is 484. The van der Waals surface area contributed by atoms with Crippen molar-refractivity contribution in [1.82, 2.24) is 24.7 Å². The third kappa shape index (κ3) is 2.99. The van der Waals surface area contributed by atoms with Crippen molar-refractivity contribution in [3.8, 4) is 0 Å². The number of nitrogens with one attached hydrogen (secondary N) is 1. The first kappa shape index (κ1) is 11.5. The maximum atomic E-state index is 4.31. The van der Waals surface area contributed by atoms with Gasteiger partial charge in [-0.15, -0.1) is 10.2 Å². The first-order valence-electron chi connectivity index (χ1n) is 5.54. The van der Waals surface area contributed by atoms with Crippen molar-refractivity contribution >= 4 is 5.82 Å². The number of hydrogen-bond acceptors (Lipinski definition) is 5. The number of hydrogen-bond donors (Lipinski definition) is 1. The molecule has 17 heavy (non-hydrogen) atoms. The van der Waals surface area contributed by atoms with Crippen molar-refractivity contribution in [2.75, 3.05) is 11.9 Å². The fourth-order valence-corrected chi connectivity index (χ4v) is 1.64. The first-order chi connectivity index (χ1) is 8.15. The Kier molecular flexibility index (Phi) is 3.32. The van der Waals surface area contributed by atoms with Crippen molar-refractivity contribution in [2.45, 2.75) is 20.3 Å². The predicted molar refractivity (Wildman–Crippen MR) is 64.7 cm³/mol. The molecule has 0 saturated carbocycles. The quantitative estimate of drug-likeness (QED) is 0.847. The van der Waals surface area contributed by atoms with Crippen LogP contribution in [0.25, 0.3) is 0 Å². The van der Waals surface area contributed by atoms with Crippen LogP contribution in [0.15, 0.2) is 12.4 Å². The molecule has 2 aromatic rings. The van der Waals surface area contributed by atoms with Crippen LogP contribution in [0.3, 0.4) is 0 Å². The van der Waals surface area contributed by atoms with Crippen LogP contribution in [0.5, 0.6) is 0 Å². The minimum atomic E-state index is 0.780. The molecule has 90 valence electrons. The fraction of sp³-hybridized carbons (Fsp3) is 0.455. The Morgan fingerprint density at radius 3 is 2.76 bits per heavy atom. The lowest BCUT2D eigenvalue weighted by Crippen LogP contribution is -2.10. The summed E-state index contributed by atoms with van der Waals surface area (Å²) in [5, 5.41) is 11.1. The van der Waals surface area contributed by atoms with Gasteiger partial charge in [-0.25, -0.2) is 9.97 Å². The molecule has 2 rings (SSSR count). The molecular formula is C11H16N6. The van der Waals surface area contributed by atoms with Gasteiger partial charge in [-0.1, -0.05) is 0 Å². The number of rotatable bonds is 4. The van der Waals surface area contributed by atoms with E-state index in [1.165, 1.54) is 0 Å². The van der Waals surface area contributed by atoms with Crippen LogP contribution in [0, 0.1) is 13.8 Å². The van der Waals surface area contributed by atoms with Crippen LogP contribution in [-0.4, -0.2) is 31.3 Å². The zero-order valence-electron chi connectivity index (χ0n) is 10.3. The van der Waals surface area contributed by atoms with Gasteiger partial charge in [0, 0.05) is 31.8 Å². The highest BCUT2D eigenvalue weighted by Crippen LogP contribution is 2.05. The predicted octanol–water partition coefficient (Wildman–Crippen LogP) is 0.877. The summed E-state index contributed by atoms with van der Waals surface area (Å²) in [5.41, 5.74) is 0.971. The van der Waals surface area contributed by atoms with E-state index in [2.05, 4.69) is 25.5 Å². The fourth-order valence-electron chi connectivity index (χ4n) is 1.64. The molecule has 0 aliphatic rings. The van der Waals surface area contributed by atoms with Crippen LogP contribution in [0.2, 0.25) is 0 Å². The lowest BCUT2D eigenvalue weighted by molar-refractivity contribution is 0.786. The summed E-state index contributed by atoms with van der Waals surface area (Å²) in [4.78, 5) is 8.54. The molecule has 0 radical (unpaired) electrons. The zero-order valence-corrected chi connectivity index (χ0v) is 10.3. The van der Waals surface area contributed by atoms with Crippen LogP contribution in [0.4, 0.5) is 5.82 Å². The topological polar surface area (TPSA) is 68.5 Å². The standard InChI is InChI=1S/C11H16N6/c1-8-6-10(15-9(2)14-8)12-5-4-11-16-13-7-17(11)3/h6-7H,4-5H2,1-3H3,(H,12,14,15). The van der Waals surface area contributed by atoms with Gasteiger partial charge in [0.05, 0.1) is 0 Å². The monoisotopic (exact) mass is 232 g/mol. The number of anilines is 1. The van der Waals surface area contributed by atoms with Crippen molar-refractivity contribution < 1.29 is 0 Å². The summed E-state index contributed by atoms with van der Waals surface area (Å²) in [6.07, 6.45) is 2.52. The van der Waals surface area contributed by atoms with Gasteiger partial charge in [-0.2, -0.15) is 0 Å². The minimum absolute atomic E-state index is 0.780.